The van der Waals surface area contributed by atoms with Gasteiger partial charge in [0, 0.05) is 43.8 Å². The summed E-state index contributed by atoms with van der Waals surface area (Å²) in [5.41, 5.74) is 7.80. The molecule has 0 saturated carbocycles. The Balaban J connectivity index is 2.22. The summed E-state index contributed by atoms with van der Waals surface area (Å²) in [5, 5.41) is 0.981. The lowest BCUT2D eigenvalue weighted by molar-refractivity contribution is 0.0534. The Labute approximate surface area is 112 Å². The fraction of sp³-hybridized carbons (Fsp3) is 0.467. The van der Waals surface area contributed by atoms with Crippen molar-refractivity contribution in [2.75, 3.05) is 19.8 Å². The second-order valence-electron chi connectivity index (χ2n) is 5.39. The Bertz CT molecular complexity index is 599. The average molecular weight is 262 g/mol. The van der Waals surface area contributed by atoms with Gasteiger partial charge in [0.2, 0.25) is 0 Å². The minimum Gasteiger partial charge on any atom is -0.381 e. The first-order valence-corrected chi connectivity index (χ1v) is 6.70. The van der Waals surface area contributed by atoms with Crippen LogP contribution in [0.2, 0.25) is 0 Å². The van der Waals surface area contributed by atoms with Gasteiger partial charge in [-0.2, -0.15) is 0 Å². The molecule has 1 aliphatic heterocycles. The van der Waals surface area contributed by atoms with Gasteiger partial charge < -0.3 is 15.0 Å². The van der Waals surface area contributed by atoms with Crippen molar-refractivity contribution in [3.8, 4) is 0 Å². The molecule has 0 atom stereocenters. The van der Waals surface area contributed by atoms with E-state index in [1.165, 1.54) is 6.07 Å². The molecule has 0 unspecified atom stereocenters. The molecule has 0 aliphatic carbocycles. The molecule has 3 nitrogen and oxygen atoms in total. The number of aryl methyl sites for hydroxylation is 1. The summed E-state index contributed by atoms with van der Waals surface area (Å²) in [6.07, 6.45) is 3.84. The van der Waals surface area contributed by atoms with E-state index in [1.807, 2.05) is 23.9 Å². The summed E-state index contributed by atoms with van der Waals surface area (Å²) < 4.78 is 21.3. The Morgan fingerprint density at radius 3 is 2.79 bits per heavy atom. The van der Waals surface area contributed by atoms with Crippen LogP contribution in [0.15, 0.2) is 24.4 Å². The molecule has 2 aromatic rings. The van der Waals surface area contributed by atoms with E-state index in [4.69, 9.17) is 10.5 Å². The van der Waals surface area contributed by atoms with Crippen LogP contribution < -0.4 is 5.73 Å². The number of fused-ring (bicyclic) bond motifs is 1. The molecule has 1 fully saturated rings. The van der Waals surface area contributed by atoms with Crippen LogP contribution in [0, 0.1) is 5.82 Å². The molecular weight excluding hydrogens is 243 g/mol. The van der Waals surface area contributed by atoms with Gasteiger partial charge in [0.05, 0.1) is 5.52 Å². The first kappa shape index (κ1) is 12.6. The largest absolute Gasteiger partial charge is 0.381 e. The number of halogens is 1. The number of aromatic nitrogens is 1. The zero-order valence-electron chi connectivity index (χ0n) is 11.2. The second-order valence-corrected chi connectivity index (χ2v) is 5.39. The number of rotatable bonds is 2. The minimum absolute atomic E-state index is 0.0778. The standard InChI is InChI=1S/C15H19FN2O/c1-18-9-12(11-3-2-4-13(16)14(11)18)15(10-17)5-7-19-8-6-15/h2-4,9H,5-8,10,17H2,1H3. The Hall–Kier alpha value is -1.39. The van der Waals surface area contributed by atoms with E-state index in [0.29, 0.717) is 12.1 Å². The van der Waals surface area contributed by atoms with E-state index in [0.717, 1.165) is 37.0 Å². The van der Waals surface area contributed by atoms with Crippen molar-refractivity contribution < 1.29 is 9.13 Å². The smallest absolute Gasteiger partial charge is 0.147 e. The molecule has 4 heteroatoms. The molecule has 0 radical (unpaired) electrons. The Morgan fingerprint density at radius 1 is 1.37 bits per heavy atom. The van der Waals surface area contributed by atoms with Gasteiger partial charge in [-0.05, 0) is 24.5 Å². The van der Waals surface area contributed by atoms with Crippen molar-refractivity contribution in [1.29, 1.82) is 0 Å². The monoisotopic (exact) mass is 262 g/mol. The molecule has 2 N–H and O–H groups in total. The zero-order chi connectivity index (χ0) is 13.5. The Kier molecular flexibility index (Phi) is 3.07. The number of ether oxygens (including phenoxy) is 1. The highest BCUT2D eigenvalue weighted by Gasteiger charge is 2.35. The number of nitrogens with two attached hydrogens (primary N) is 1. The van der Waals surface area contributed by atoms with Crippen molar-refractivity contribution in [3.05, 3.63) is 35.8 Å². The lowest BCUT2D eigenvalue weighted by Gasteiger charge is -2.36. The molecule has 3 rings (SSSR count). The van der Waals surface area contributed by atoms with Crippen molar-refractivity contribution in [1.82, 2.24) is 4.57 Å². The van der Waals surface area contributed by atoms with Gasteiger partial charge in [0.1, 0.15) is 5.82 Å². The predicted octanol–water partition coefficient (Wildman–Crippen LogP) is 2.32. The maximum atomic E-state index is 14.0. The van der Waals surface area contributed by atoms with Crippen LogP contribution in [0.25, 0.3) is 10.9 Å². The van der Waals surface area contributed by atoms with Crippen LogP contribution >= 0.6 is 0 Å². The maximum absolute atomic E-state index is 14.0. The fourth-order valence-electron chi connectivity index (χ4n) is 3.19. The molecule has 19 heavy (non-hydrogen) atoms. The minimum atomic E-state index is -0.175. The summed E-state index contributed by atoms with van der Waals surface area (Å²) in [4.78, 5) is 0. The van der Waals surface area contributed by atoms with Gasteiger partial charge in [0.25, 0.3) is 0 Å². The lowest BCUT2D eigenvalue weighted by Crippen LogP contribution is -2.40. The lowest BCUT2D eigenvalue weighted by atomic mass is 9.74. The van der Waals surface area contributed by atoms with Crippen LogP contribution in [0.1, 0.15) is 18.4 Å². The van der Waals surface area contributed by atoms with Crippen LogP contribution in [-0.4, -0.2) is 24.3 Å². The maximum Gasteiger partial charge on any atom is 0.147 e. The SMILES string of the molecule is Cn1cc(C2(CN)CCOCC2)c2cccc(F)c21. The summed E-state index contributed by atoms with van der Waals surface area (Å²) >= 11 is 0. The van der Waals surface area contributed by atoms with Gasteiger partial charge in [-0.15, -0.1) is 0 Å². The van der Waals surface area contributed by atoms with Crippen molar-refractivity contribution in [3.63, 3.8) is 0 Å². The van der Waals surface area contributed by atoms with Crippen LogP contribution in [-0.2, 0) is 17.2 Å². The van der Waals surface area contributed by atoms with E-state index in [9.17, 15) is 4.39 Å². The number of para-hydroxylation sites is 1. The quantitative estimate of drug-likeness (QED) is 0.902. The summed E-state index contributed by atoms with van der Waals surface area (Å²) in [6.45, 7) is 2.03. The van der Waals surface area contributed by atoms with E-state index in [-0.39, 0.29) is 11.2 Å². The third-order valence-corrected chi connectivity index (χ3v) is 4.36. The third kappa shape index (κ3) is 1.86. The molecule has 1 aromatic carbocycles. The summed E-state index contributed by atoms with van der Waals surface area (Å²) in [5.74, 6) is -0.175. The highest BCUT2D eigenvalue weighted by Crippen LogP contribution is 2.39. The first-order chi connectivity index (χ1) is 9.18. The van der Waals surface area contributed by atoms with E-state index in [1.54, 1.807) is 6.07 Å². The van der Waals surface area contributed by atoms with Gasteiger partial charge in [-0.3, -0.25) is 0 Å². The number of hydrogen-bond donors (Lipinski definition) is 1. The molecule has 1 aromatic heterocycles. The second kappa shape index (κ2) is 4.62. The molecule has 1 aliphatic rings. The average Bonchev–Trinajstić information content (AvgIpc) is 2.79. The predicted molar refractivity (Wildman–Crippen MR) is 73.7 cm³/mol. The van der Waals surface area contributed by atoms with E-state index in [2.05, 4.69) is 0 Å². The zero-order valence-corrected chi connectivity index (χ0v) is 11.2. The van der Waals surface area contributed by atoms with Crippen molar-refractivity contribution in [2.24, 2.45) is 12.8 Å². The van der Waals surface area contributed by atoms with Crippen molar-refractivity contribution in [2.45, 2.75) is 18.3 Å². The van der Waals surface area contributed by atoms with Crippen LogP contribution in [0.4, 0.5) is 4.39 Å². The third-order valence-electron chi connectivity index (χ3n) is 4.36. The number of hydrogen-bond acceptors (Lipinski definition) is 2. The molecule has 2 heterocycles. The first-order valence-electron chi connectivity index (χ1n) is 6.70. The highest BCUT2D eigenvalue weighted by atomic mass is 19.1. The van der Waals surface area contributed by atoms with Gasteiger partial charge in [-0.1, -0.05) is 12.1 Å². The molecule has 102 valence electrons. The van der Waals surface area contributed by atoms with E-state index < -0.39 is 0 Å². The molecule has 0 amide bonds. The van der Waals surface area contributed by atoms with Crippen LogP contribution in [0.5, 0.6) is 0 Å². The van der Waals surface area contributed by atoms with E-state index >= 15 is 0 Å². The van der Waals surface area contributed by atoms with Gasteiger partial charge >= 0.3 is 0 Å². The van der Waals surface area contributed by atoms with Crippen LogP contribution in [0.3, 0.4) is 0 Å². The molecule has 1 saturated heterocycles. The summed E-state index contributed by atoms with van der Waals surface area (Å²) in [6, 6.07) is 5.26. The van der Waals surface area contributed by atoms with Gasteiger partial charge in [0.15, 0.2) is 0 Å². The molecule has 0 bridgehead atoms. The van der Waals surface area contributed by atoms with Crippen molar-refractivity contribution >= 4 is 10.9 Å². The number of benzene rings is 1. The fourth-order valence-corrected chi connectivity index (χ4v) is 3.19. The highest BCUT2D eigenvalue weighted by molar-refractivity contribution is 5.85. The van der Waals surface area contributed by atoms with Gasteiger partial charge in [-0.25, -0.2) is 4.39 Å². The molecule has 0 spiro atoms. The Morgan fingerprint density at radius 2 is 2.11 bits per heavy atom. The normalized spacial score (nSPS) is 18.9. The summed E-state index contributed by atoms with van der Waals surface area (Å²) in [7, 11) is 1.89. The number of nitrogens with zero attached hydrogens (tertiary/aromatic N) is 1. The topological polar surface area (TPSA) is 40.2 Å². The molecular formula is C15H19FN2O.